The van der Waals surface area contributed by atoms with E-state index in [0.717, 1.165) is 26.1 Å². The summed E-state index contributed by atoms with van der Waals surface area (Å²) >= 11 is 0. The number of rotatable bonds is 5. The molecule has 2 atom stereocenters. The highest BCUT2D eigenvalue weighted by Gasteiger charge is 2.24. The Hall–Kier alpha value is -0.120. The maximum Gasteiger partial charge on any atom is 0.0664 e. The van der Waals surface area contributed by atoms with Crippen LogP contribution in [0.15, 0.2) is 0 Å². The normalized spacial score (nSPS) is 24.9. The first-order chi connectivity index (χ1) is 7.92. The van der Waals surface area contributed by atoms with Crippen LogP contribution in [0.1, 0.15) is 53.4 Å². The lowest BCUT2D eigenvalue weighted by atomic mass is 10.00. The van der Waals surface area contributed by atoms with Gasteiger partial charge in [0.05, 0.1) is 6.10 Å². The van der Waals surface area contributed by atoms with Crippen LogP contribution in [-0.2, 0) is 0 Å². The largest absolute Gasteiger partial charge is 0.392 e. The van der Waals surface area contributed by atoms with E-state index >= 15 is 0 Å². The number of nitrogens with one attached hydrogen (secondary N) is 1. The highest BCUT2D eigenvalue weighted by molar-refractivity contribution is 4.83. The molecule has 1 heterocycles. The number of piperidine rings is 1. The number of β-amino-alcohol motifs (C(OH)–C–C–N with tert-alkyl or cyclic N) is 1. The third kappa shape index (κ3) is 5.84. The molecule has 102 valence electrons. The fraction of sp³-hybridized carbons (Fsp3) is 1.00. The van der Waals surface area contributed by atoms with Gasteiger partial charge in [-0.1, -0.05) is 13.3 Å². The van der Waals surface area contributed by atoms with E-state index in [9.17, 15) is 5.11 Å². The van der Waals surface area contributed by atoms with Crippen molar-refractivity contribution in [3.05, 3.63) is 0 Å². The first kappa shape index (κ1) is 14.9. The summed E-state index contributed by atoms with van der Waals surface area (Å²) in [6.07, 6.45) is 4.57. The second-order valence-corrected chi connectivity index (χ2v) is 6.34. The quantitative estimate of drug-likeness (QED) is 0.774. The predicted molar refractivity (Wildman–Crippen MR) is 73.3 cm³/mol. The molecule has 3 heteroatoms. The molecule has 1 rings (SSSR count). The second kappa shape index (κ2) is 6.72. The van der Waals surface area contributed by atoms with E-state index in [4.69, 9.17) is 0 Å². The Morgan fingerprint density at radius 2 is 2.06 bits per heavy atom. The summed E-state index contributed by atoms with van der Waals surface area (Å²) in [6, 6.07) is 0.601. The van der Waals surface area contributed by atoms with Gasteiger partial charge < -0.3 is 10.4 Å². The fourth-order valence-corrected chi connectivity index (χ4v) is 2.36. The molecule has 0 aromatic carbocycles. The zero-order chi connectivity index (χ0) is 12.9. The van der Waals surface area contributed by atoms with E-state index in [0.29, 0.717) is 6.04 Å². The van der Waals surface area contributed by atoms with Gasteiger partial charge in [0.1, 0.15) is 0 Å². The Kier molecular flexibility index (Phi) is 5.90. The van der Waals surface area contributed by atoms with E-state index in [1.807, 2.05) is 0 Å². The molecule has 1 fully saturated rings. The number of hydrogen-bond acceptors (Lipinski definition) is 3. The van der Waals surface area contributed by atoms with Crippen molar-refractivity contribution in [3.63, 3.8) is 0 Å². The standard InChI is InChI=1S/C14H30N2O/c1-5-13(17)11-16-9-7-6-8-12(16)10-15-14(2,3)4/h12-13,15,17H,5-11H2,1-4H3. The Balaban J connectivity index is 2.42. The van der Waals surface area contributed by atoms with Gasteiger partial charge in [0.25, 0.3) is 0 Å². The number of aliphatic hydroxyl groups excluding tert-OH is 1. The number of aliphatic hydroxyl groups is 1. The van der Waals surface area contributed by atoms with Gasteiger partial charge in [0.2, 0.25) is 0 Å². The van der Waals surface area contributed by atoms with E-state index in [2.05, 4.69) is 37.9 Å². The summed E-state index contributed by atoms with van der Waals surface area (Å²) in [6.45, 7) is 11.7. The highest BCUT2D eigenvalue weighted by Crippen LogP contribution is 2.18. The summed E-state index contributed by atoms with van der Waals surface area (Å²) in [5.74, 6) is 0. The Labute approximate surface area is 107 Å². The monoisotopic (exact) mass is 242 g/mol. The van der Waals surface area contributed by atoms with E-state index < -0.39 is 0 Å². The summed E-state index contributed by atoms with van der Waals surface area (Å²) < 4.78 is 0. The number of nitrogens with zero attached hydrogens (tertiary/aromatic N) is 1. The molecule has 17 heavy (non-hydrogen) atoms. The Morgan fingerprint density at radius 3 is 2.65 bits per heavy atom. The van der Waals surface area contributed by atoms with Crippen LogP contribution in [0, 0.1) is 0 Å². The van der Waals surface area contributed by atoms with Gasteiger partial charge in [-0.3, -0.25) is 4.90 Å². The average molecular weight is 242 g/mol. The lowest BCUT2D eigenvalue weighted by Gasteiger charge is -2.38. The molecular weight excluding hydrogens is 212 g/mol. The van der Waals surface area contributed by atoms with E-state index in [1.165, 1.54) is 19.3 Å². The van der Waals surface area contributed by atoms with Gasteiger partial charge in [-0.15, -0.1) is 0 Å². The van der Waals surface area contributed by atoms with Gasteiger partial charge in [-0.25, -0.2) is 0 Å². The van der Waals surface area contributed by atoms with Crippen molar-refractivity contribution in [2.45, 2.75) is 71.1 Å². The summed E-state index contributed by atoms with van der Waals surface area (Å²) in [4.78, 5) is 2.47. The highest BCUT2D eigenvalue weighted by atomic mass is 16.3. The van der Waals surface area contributed by atoms with Crippen molar-refractivity contribution in [1.29, 1.82) is 0 Å². The van der Waals surface area contributed by atoms with E-state index in [-0.39, 0.29) is 11.6 Å². The van der Waals surface area contributed by atoms with Gasteiger partial charge in [0.15, 0.2) is 0 Å². The number of hydrogen-bond donors (Lipinski definition) is 2. The minimum atomic E-state index is -0.162. The van der Waals surface area contributed by atoms with Crippen molar-refractivity contribution < 1.29 is 5.11 Å². The van der Waals surface area contributed by atoms with Crippen molar-refractivity contribution in [3.8, 4) is 0 Å². The zero-order valence-corrected chi connectivity index (χ0v) is 12.0. The smallest absolute Gasteiger partial charge is 0.0664 e. The molecule has 0 bridgehead atoms. The van der Waals surface area contributed by atoms with Crippen LogP contribution < -0.4 is 5.32 Å². The third-order valence-electron chi connectivity index (χ3n) is 3.53. The molecule has 2 unspecified atom stereocenters. The molecule has 0 spiro atoms. The van der Waals surface area contributed by atoms with Crippen LogP contribution in [0.5, 0.6) is 0 Å². The van der Waals surface area contributed by atoms with Crippen LogP contribution >= 0.6 is 0 Å². The second-order valence-electron chi connectivity index (χ2n) is 6.34. The molecule has 0 radical (unpaired) electrons. The third-order valence-corrected chi connectivity index (χ3v) is 3.53. The molecule has 0 aromatic heterocycles. The van der Waals surface area contributed by atoms with Crippen molar-refractivity contribution in [2.24, 2.45) is 0 Å². The maximum absolute atomic E-state index is 9.79. The van der Waals surface area contributed by atoms with Crippen LogP contribution in [0.3, 0.4) is 0 Å². The van der Waals surface area contributed by atoms with Crippen LogP contribution in [-0.4, -0.2) is 47.3 Å². The van der Waals surface area contributed by atoms with Gasteiger partial charge in [-0.05, 0) is 46.6 Å². The van der Waals surface area contributed by atoms with E-state index in [1.54, 1.807) is 0 Å². The Bertz CT molecular complexity index is 213. The first-order valence-electron chi connectivity index (χ1n) is 7.09. The minimum absolute atomic E-state index is 0.162. The molecule has 0 saturated carbocycles. The molecule has 3 nitrogen and oxygen atoms in total. The number of likely N-dealkylation sites (tertiary alicyclic amines) is 1. The molecule has 2 N–H and O–H groups in total. The summed E-state index contributed by atoms with van der Waals surface area (Å²) in [7, 11) is 0. The summed E-state index contributed by atoms with van der Waals surface area (Å²) in [5, 5.41) is 13.4. The molecule has 0 aliphatic carbocycles. The molecule has 0 aromatic rings. The van der Waals surface area contributed by atoms with Gasteiger partial charge >= 0.3 is 0 Å². The first-order valence-corrected chi connectivity index (χ1v) is 7.09. The molecule has 1 aliphatic rings. The zero-order valence-electron chi connectivity index (χ0n) is 12.0. The lowest BCUT2D eigenvalue weighted by molar-refractivity contribution is 0.0630. The molecule has 1 saturated heterocycles. The SMILES string of the molecule is CCC(O)CN1CCCCC1CNC(C)(C)C. The molecule has 1 aliphatic heterocycles. The van der Waals surface area contributed by atoms with Gasteiger partial charge in [-0.2, -0.15) is 0 Å². The summed E-state index contributed by atoms with van der Waals surface area (Å²) in [5.41, 5.74) is 0.187. The van der Waals surface area contributed by atoms with Crippen molar-refractivity contribution >= 4 is 0 Å². The van der Waals surface area contributed by atoms with Crippen LogP contribution in [0.25, 0.3) is 0 Å². The van der Waals surface area contributed by atoms with Crippen LogP contribution in [0.4, 0.5) is 0 Å². The maximum atomic E-state index is 9.79. The predicted octanol–water partition coefficient (Wildman–Crippen LogP) is 2.00. The topological polar surface area (TPSA) is 35.5 Å². The molecular formula is C14H30N2O. The van der Waals surface area contributed by atoms with Crippen molar-refractivity contribution in [1.82, 2.24) is 10.2 Å². The minimum Gasteiger partial charge on any atom is -0.392 e. The lowest BCUT2D eigenvalue weighted by Crippen LogP contribution is -2.51. The average Bonchev–Trinajstić information content (AvgIpc) is 2.26. The van der Waals surface area contributed by atoms with Crippen molar-refractivity contribution in [2.75, 3.05) is 19.6 Å². The van der Waals surface area contributed by atoms with Crippen LogP contribution in [0.2, 0.25) is 0 Å². The Morgan fingerprint density at radius 1 is 1.35 bits per heavy atom. The molecule has 0 amide bonds. The fourth-order valence-electron chi connectivity index (χ4n) is 2.36. The van der Waals surface area contributed by atoms with Gasteiger partial charge in [0, 0.05) is 24.7 Å².